The summed E-state index contributed by atoms with van der Waals surface area (Å²) in [4.78, 5) is 20.8. The van der Waals surface area contributed by atoms with E-state index in [2.05, 4.69) is 27.2 Å². The molecule has 0 aliphatic carbocycles. The molecule has 0 aromatic carbocycles. The number of piperidine rings is 1. The zero-order valence-corrected chi connectivity index (χ0v) is 14.6. The topological polar surface area (TPSA) is 66.4 Å². The van der Waals surface area contributed by atoms with Crippen molar-refractivity contribution in [1.82, 2.24) is 15.1 Å². The van der Waals surface area contributed by atoms with E-state index in [9.17, 15) is 4.79 Å². The van der Waals surface area contributed by atoms with Gasteiger partial charge in [-0.05, 0) is 26.8 Å². The molecule has 0 amide bonds. The van der Waals surface area contributed by atoms with E-state index < -0.39 is 0 Å². The van der Waals surface area contributed by atoms with Crippen molar-refractivity contribution in [3.63, 3.8) is 0 Å². The van der Waals surface area contributed by atoms with Crippen molar-refractivity contribution in [2.24, 2.45) is 10.9 Å². The zero-order chi connectivity index (χ0) is 16.7. The summed E-state index contributed by atoms with van der Waals surface area (Å²) in [5.41, 5.74) is 0. The van der Waals surface area contributed by atoms with Crippen LogP contribution in [0.25, 0.3) is 0 Å². The summed E-state index contributed by atoms with van der Waals surface area (Å²) >= 11 is 0. The first-order valence-electron chi connectivity index (χ1n) is 8.56. The highest BCUT2D eigenvalue weighted by atomic mass is 16.5. The highest BCUT2D eigenvalue weighted by Gasteiger charge is 2.28. The van der Waals surface area contributed by atoms with Gasteiger partial charge in [0.2, 0.25) is 0 Å². The van der Waals surface area contributed by atoms with Crippen molar-refractivity contribution in [1.29, 1.82) is 0 Å². The van der Waals surface area contributed by atoms with Gasteiger partial charge in [-0.2, -0.15) is 0 Å². The van der Waals surface area contributed by atoms with Crippen LogP contribution in [0.4, 0.5) is 0 Å². The third-order valence-corrected chi connectivity index (χ3v) is 4.38. The number of nitrogens with zero attached hydrogens (tertiary/aromatic N) is 3. The second-order valence-electron chi connectivity index (χ2n) is 6.22. The first kappa shape index (κ1) is 18.0. The highest BCUT2D eigenvalue weighted by molar-refractivity contribution is 5.81. The lowest BCUT2D eigenvalue weighted by atomic mass is 9.98. The molecule has 2 aliphatic rings. The van der Waals surface area contributed by atoms with Crippen molar-refractivity contribution < 1.29 is 14.3 Å². The van der Waals surface area contributed by atoms with E-state index in [0.717, 1.165) is 51.6 Å². The molecule has 0 radical (unpaired) electrons. The van der Waals surface area contributed by atoms with E-state index in [1.165, 1.54) is 0 Å². The van der Waals surface area contributed by atoms with Crippen LogP contribution in [0.1, 0.15) is 19.8 Å². The molecule has 2 atom stereocenters. The number of likely N-dealkylation sites (N-methyl/N-ethyl adjacent to an activating group) is 1. The second kappa shape index (κ2) is 9.08. The number of carbonyl (C=O) groups is 1. The van der Waals surface area contributed by atoms with Gasteiger partial charge in [-0.1, -0.05) is 0 Å². The maximum Gasteiger partial charge on any atom is 0.310 e. The Balaban J connectivity index is 1.83. The van der Waals surface area contributed by atoms with Crippen LogP contribution in [0.3, 0.4) is 0 Å². The molecule has 0 saturated carbocycles. The van der Waals surface area contributed by atoms with Crippen LogP contribution in [-0.4, -0.2) is 87.9 Å². The standard InChI is InChI=1S/C16H30N4O3/c1-4-22-15(21)13-6-5-7-20(11-13)16(17-2)18-10-14-12-19(3)8-9-23-14/h13-14H,4-12H2,1-3H3,(H,17,18). The van der Waals surface area contributed by atoms with Crippen LogP contribution >= 0.6 is 0 Å². The summed E-state index contributed by atoms with van der Waals surface area (Å²) in [5.74, 6) is 0.694. The van der Waals surface area contributed by atoms with Crippen LogP contribution in [-0.2, 0) is 14.3 Å². The molecule has 2 aliphatic heterocycles. The number of likely N-dealkylation sites (tertiary alicyclic amines) is 1. The lowest BCUT2D eigenvalue weighted by Crippen LogP contribution is -2.52. The van der Waals surface area contributed by atoms with Crippen LogP contribution in [0.15, 0.2) is 4.99 Å². The number of hydrogen-bond acceptors (Lipinski definition) is 5. The Morgan fingerprint density at radius 3 is 2.91 bits per heavy atom. The summed E-state index contributed by atoms with van der Waals surface area (Å²) in [5, 5.41) is 3.39. The maximum absolute atomic E-state index is 12.0. The van der Waals surface area contributed by atoms with Crippen molar-refractivity contribution in [3.8, 4) is 0 Å². The Bertz CT molecular complexity index is 416. The molecule has 132 valence electrons. The fourth-order valence-electron chi connectivity index (χ4n) is 3.15. The Hall–Kier alpha value is -1.34. The number of rotatable bonds is 4. The number of carbonyl (C=O) groups excluding carboxylic acids is 1. The van der Waals surface area contributed by atoms with Crippen molar-refractivity contribution in [2.75, 3.05) is 60.0 Å². The molecule has 0 spiro atoms. The van der Waals surface area contributed by atoms with Crippen LogP contribution in [0.5, 0.6) is 0 Å². The number of morpholine rings is 1. The molecular formula is C16H30N4O3. The van der Waals surface area contributed by atoms with Crippen molar-refractivity contribution in [3.05, 3.63) is 0 Å². The third kappa shape index (κ3) is 5.35. The molecule has 0 aromatic heterocycles. The van der Waals surface area contributed by atoms with Gasteiger partial charge in [0.1, 0.15) is 0 Å². The molecule has 7 heteroatoms. The monoisotopic (exact) mass is 326 g/mol. The van der Waals surface area contributed by atoms with Crippen molar-refractivity contribution in [2.45, 2.75) is 25.9 Å². The van der Waals surface area contributed by atoms with Gasteiger partial charge in [0.25, 0.3) is 0 Å². The minimum atomic E-state index is -0.0927. The molecule has 0 bridgehead atoms. The zero-order valence-electron chi connectivity index (χ0n) is 14.6. The van der Waals surface area contributed by atoms with E-state index in [0.29, 0.717) is 13.2 Å². The Labute approximate surface area is 139 Å². The van der Waals surface area contributed by atoms with Gasteiger partial charge in [-0.25, -0.2) is 0 Å². The first-order chi connectivity index (χ1) is 11.1. The Morgan fingerprint density at radius 1 is 1.39 bits per heavy atom. The number of aliphatic imine (C=N–C) groups is 1. The molecule has 2 heterocycles. The summed E-state index contributed by atoms with van der Waals surface area (Å²) in [6, 6.07) is 0. The third-order valence-electron chi connectivity index (χ3n) is 4.38. The molecule has 1 N–H and O–H groups in total. The predicted molar refractivity (Wildman–Crippen MR) is 89.5 cm³/mol. The number of hydrogen-bond donors (Lipinski definition) is 1. The maximum atomic E-state index is 12.0. The van der Waals surface area contributed by atoms with E-state index in [-0.39, 0.29) is 18.0 Å². The minimum Gasteiger partial charge on any atom is -0.466 e. The van der Waals surface area contributed by atoms with Gasteiger partial charge in [-0.15, -0.1) is 0 Å². The predicted octanol–water partition coefficient (Wildman–Crippen LogP) is 0.168. The largest absolute Gasteiger partial charge is 0.466 e. The van der Waals surface area contributed by atoms with Gasteiger partial charge in [0, 0.05) is 39.8 Å². The molecule has 23 heavy (non-hydrogen) atoms. The Kier molecular flexibility index (Phi) is 7.11. The lowest BCUT2D eigenvalue weighted by Gasteiger charge is -2.35. The Morgan fingerprint density at radius 2 is 2.22 bits per heavy atom. The first-order valence-corrected chi connectivity index (χ1v) is 8.56. The SMILES string of the molecule is CCOC(=O)C1CCCN(C(=NC)NCC2CN(C)CCO2)C1. The van der Waals surface area contributed by atoms with Crippen LogP contribution < -0.4 is 5.32 Å². The van der Waals surface area contributed by atoms with Gasteiger partial charge in [-0.3, -0.25) is 9.79 Å². The van der Waals surface area contributed by atoms with E-state index in [1.54, 1.807) is 7.05 Å². The molecule has 0 aromatic rings. The molecule has 7 nitrogen and oxygen atoms in total. The average molecular weight is 326 g/mol. The number of ether oxygens (including phenoxy) is 2. The smallest absolute Gasteiger partial charge is 0.310 e. The molecular weight excluding hydrogens is 296 g/mol. The van der Waals surface area contributed by atoms with E-state index in [4.69, 9.17) is 9.47 Å². The molecule has 2 rings (SSSR count). The highest BCUT2D eigenvalue weighted by Crippen LogP contribution is 2.18. The average Bonchev–Trinajstić information content (AvgIpc) is 2.56. The van der Waals surface area contributed by atoms with Gasteiger partial charge in [0.15, 0.2) is 5.96 Å². The minimum absolute atomic E-state index is 0.0562. The van der Waals surface area contributed by atoms with Crippen LogP contribution in [0.2, 0.25) is 0 Å². The van der Waals surface area contributed by atoms with E-state index in [1.807, 2.05) is 6.92 Å². The second-order valence-corrected chi connectivity index (χ2v) is 6.22. The van der Waals surface area contributed by atoms with Gasteiger partial charge >= 0.3 is 5.97 Å². The summed E-state index contributed by atoms with van der Waals surface area (Å²) in [6.07, 6.45) is 2.05. The van der Waals surface area contributed by atoms with E-state index >= 15 is 0 Å². The fourth-order valence-corrected chi connectivity index (χ4v) is 3.15. The number of nitrogens with one attached hydrogen (secondary N) is 1. The normalized spacial score (nSPS) is 26.9. The van der Waals surface area contributed by atoms with Crippen LogP contribution in [0, 0.1) is 5.92 Å². The van der Waals surface area contributed by atoms with Gasteiger partial charge in [0.05, 0.1) is 25.2 Å². The van der Waals surface area contributed by atoms with Crippen molar-refractivity contribution >= 4 is 11.9 Å². The molecule has 2 fully saturated rings. The summed E-state index contributed by atoms with van der Waals surface area (Å²) in [6.45, 7) is 7.29. The molecule has 2 saturated heterocycles. The lowest BCUT2D eigenvalue weighted by molar-refractivity contribution is -0.149. The summed E-state index contributed by atoms with van der Waals surface area (Å²) < 4.78 is 10.9. The quantitative estimate of drug-likeness (QED) is 0.451. The van der Waals surface area contributed by atoms with Gasteiger partial charge < -0.3 is 24.6 Å². The summed E-state index contributed by atoms with van der Waals surface area (Å²) in [7, 11) is 3.89. The fraction of sp³-hybridized carbons (Fsp3) is 0.875. The number of guanidine groups is 1. The molecule has 2 unspecified atom stereocenters. The number of esters is 1.